The van der Waals surface area contributed by atoms with Gasteiger partial charge in [0, 0.05) is 29.7 Å². The molecule has 0 spiro atoms. The number of rotatable bonds is 5. The molecule has 0 aliphatic carbocycles. The summed E-state index contributed by atoms with van der Waals surface area (Å²) in [4.78, 5) is 28.6. The highest BCUT2D eigenvalue weighted by atomic mass is 79.9. The van der Waals surface area contributed by atoms with E-state index < -0.39 is 0 Å². The molecule has 2 aromatic rings. The minimum Gasteiger partial charge on any atom is -0.337 e. The van der Waals surface area contributed by atoms with Gasteiger partial charge in [0.05, 0.1) is 0 Å². The van der Waals surface area contributed by atoms with Crippen molar-refractivity contribution in [1.29, 1.82) is 0 Å². The number of hydrogen-bond donors (Lipinski definition) is 0. The van der Waals surface area contributed by atoms with Crippen LogP contribution >= 0.6 is 15.9 Å². The number of fused-ring (bicyclic) bond motifs is 1. The van der Waals surface area contributed by atoms with Gasteiger partial charge in [-0.1, -0.05) is 46.3 Å². The molecule has 0 fully saturated rings. The summed E-state index contributed by atoms with van der Waals surface area (Å²) in [6, 6.07) is 15.8. The van der Waals surface area contributed by atoms with Gasteiger partial charge >= 0.3 is 0 Å². The molecule has 0 unspecified atom stereocenters. The monoisotopic (exact) mass is 400 g/mol. The second-order valence-electron chi connectivity index (χ2n) is 6.15. The summed E-state index contributed by atoms with van der Waals surface area (Å²) in [5.74, 6) is -0.0191. The van der Waals surface area contributed by atoms with Crippen molar-refractivity contribution in [1.82, 2.24) is 4.90 Å². The zero-order valence-corrected chi connectivity index (χ0v) is 15.8. The van der Waals surface area contributed by atoms with Crippen LogP contribution in [0.3, 0.4) is 0 Å². The summed E-state index contributed by atoms with van der Waals surface area (Å²) in [6.45, 7) is 3.23. The Hall–Kier alpha value is -2.14. The van der Waals surface area contributed by atoms with Crippen LogP contribution in [0, 0.1) is 0 Å². The molecular formula is C20H21BrN2O2. The number of hydrogen-bond acceptors (Lipinski definition) is 2. The maximum Gasteiger partial charge on any atom is 0.242 e. The number of carbonyl (C=O) groups excluding carboxylic acids is 2. The first kappa shape index (κ1) is 17.7. The quantitative estimate of drug-likeness (QED) is 0.765. The molecule has 0 atom stereocenters. The fraction of sp³-hybridized carbons (Fsp3) is 0.300. The molecule has 2 aromatic carbocycles. The average Bonchev–Trinajstić information content (AvgIpc) is 2.62. The Balaban J connectivity index is 1.76. The van der Waals surface area contributed by atoms with Gasteiger partial charge in [-0.25, -0.2) is 0 Å². The highest BCUT2D eigenvalue weighted by Gasteiger charge is 2.27. The number of anilines is 1. The zero-order chi connectivity index (χ0) is 17.8. The topological polar surface area (TPSA) is 40.6 Å². The Kier molecular flexibility index (Phi) is 5.53. The van der Waals surface area contributed by atoms with Gasteiger partial charge in [-0.2, -0.15) is 0 Å². The zero-order valence-electron chi connectivity index (χ0n) is 14.2. The van der Waals surface area contributed by atoms with Gasteiger partial charge in [0.15, 0.2) is 0 Å². The molecule has 0 radical (unpaired) electrons. The van der Waals surface area contributed by atoms with E-state index in [-0.39, 0.29) is 18.4 Å². The molecule has 5 heteroatoms. The van der Waals surface area contributed by atoms with Gasteiger partial charge in [-0.3, -0.25) is 9.59 Å². The summed E-state index contributed by atoms with van der Waals surface area (Å²) in [5.41, 5.74) is 3.04. The molecule has 25 heavy (non-hydrogen) atoms. The van der Waals surface area contributed by atoms with Crippen LogP contribution in [-0.2, 0) is 22.6 Å². The number of benzene rings is 2. The molecule has 4 nitrogen and oxygen atoms in total. The lowest BCUT2D eigenvalue weighted by Crippen LogP contribution is -2.44. The van der Waals surface area contributed by atoms with Crippen molar-refractivity contribution in [3.63, 3.8) is 0 Å². The van der Waals surface area contributed by atoms with E-state index in [0.29, 0.717) is 19.5 Å². The van der Waals surface area contributed by atoms with Crippen molar-refractivity contribution in [2.75, 3.05) is 18.0 Å². The first-order valence-corrected chi connectivity index (χ1v) is 9.28. The van der Waals surface area contributed by atoms with Gasteiger partial charge < -0.3 is 9.80 Å². The number of nitrogens with zero attached hydrogens (tertiary/aromatic N) is 2. The van der Waals surface area contributed by atoms with E-state index in [9.17, 15) is 9.59 Å². The summed E-state index contributed by atoms with van der Waals surface area (Å²) >= 11 is 3.47. The Morgan fingerprint density at radius 2 is 1.92 bits per heavy atom. The van der Waals surface area contributed by atoms with Crippen LogP contribution in [0.5, 0.6) is 0 Å². The van der Waals surface area contributed by atoms with E-state index in [0.717, 1.165) is 27.7 Å². The lowest BCUT2D eigenvalue weighted by Gasteiger charge is -2.31. The minimum atomic E-state index is -0.0320. The third kappa shape index (κ3) is 4.10. The maximum atomic E-state index is 12.8. The first-order valence-electron chi connectivity index (χ1n) is 8.49. The largest absolute Gasteiger partial charge is 0.337 e. The molecule has 1 aliphatic heterocycles. The second kappa shape index (κ2) is 7.83. The molecule has 0 N–H and O–H groups in total. The second-order valence-corrected chi connectivity index (χ2v) is 7.06. The van der Waals surface area contributed by atoms with Crippen molar-refractivity contribution < 1.29 is 9.59 Å². The SMILES string of the molecule is CCN(Cc1ccccc1)C(=O)CN1C(=O)CCc2cc(Br)ccc21. The molecule has 0 saturated heterocycles. The van der Waals surface area contributed by atoms with E-state index in [2.05, 4.69) is 15.9 Å². The predicted octanol–water partition coefficient (Wildman–Crippen LogP) is 3.78. The van der Waals surface area contributed by atoms with Gasteiger partial charge in [0.2, 0.25) is 11.8 Å². The number of aryl methyl sites for hydroxylation is 1. The Bertz CT molecular complexity index is 777. The molecule has 2 amide bonds. The summed E-state index contributed by atoms with van der Waals surface area (Å²) in [6.07, 6.45) is 1.17. The minimum absolute atomic E-state index is 0.0129. The number of amides is 2. The Labute approximate surface area is 156 Å². The maximum absolute atomic E-state index is 12.8. The van der Waals surface area contributed by atoms with E-state index in [4.69, 9.17) is 0 Å². The summed E-state index contributed by atoms with van der Waals surface area (Å²) in [5, 5.41) is 0. The van der Waals surface area contributed by atoms with Crippen LogP contribution in [-0.4, -0.2) is 29.8 Å². The molecule has 0 aromatic heterocycles. The van der Waals surface area contributed by atoms with Crippen molar-refractivity contribution in [2.24, 2.45) is 0 Å². The lowest BCUT2D eigenvalue weighted by atomic mass is 10.0. The fourth-order valence-corrected chi connectivity index (χ4v) is 3.53. The van der Waals surface area contributed by atoms with Gasteiger partial charge in [0.1, 0.15) is 6.54 Å². The van der Waals surface area contributed by atoms with Crippen LogP contribution in [0.2, 0.25) is 0 Å². The van der Waals surface area contributed by atoms with Crippen molar-refractivity contribution >= 4 is 33.4 Å². The van der Waals surface area contributed by atoms with Crippen molar-refractivity contribution in [2.45, 2.75) is 26.3 Å². The third-order valence-corrected chi connectivity index (χ3v) is 4.98. The standard InChI is InChI=1S/C20H21BrN2O2/c1-2-22(13-15-6-4-3-5-7-15)20(25)14-23-18-10-9-17(21)12-16(18)8-11-19(23)24/h3-7,9-10,12H,2,8,11,13-14H2,1H3. The van der Waals surface area contributed by atoms with Crippen LogP contribution in [0.25, 0.3) is 0 Å². The normalized spacial score (nSPS) is 13.5. The number of halogens is 1. The van der Waals surface area contributed by atoms with Crippen LogP contribution in [0.15, 0.2) is 53.0 Å². The predicted molar refractivity (Wildman–Crippen MR) is 102 cm³/mol. The number of likely N-dealkylation sites (N-methyl/N-ethyl adjacent to an activating group) is 1. The molecule has 0 saturated carbocycles. The van der Waals surface area contributed by atoms with Crippen LogP contribution in [0.4, 0.5) is 5.69 Å². The van der Waals surface area contributed by atoms with Crippen LogP contribution in [0.1, 0.15) is 24.5 Å². The van der Waals surface area contributed by atoms with E-state index in [1.54, 1.807) is 9.80 Å². The van der Waals surface area contributed by atoms with Crippen LogP contribution < -0.4 is 4.90 Å². The molecule has 130 valence electrons. The van der Waals surface area contributed by atoms with Gasteiger partial charge in [-0.15, -0.1) is 0 Å². The summed E-state index contributed by atoms with van der Waals surface area (Å²) < 4.78 is 0.992. The van der Waals surface area contributed by atoms with Crippen molar-refractivity contribution in [3.8, 4) is 0 Å². The molecule has 3 rings (SSSR count). The smallest absolute Gasteiger partial charge is 0.242 e. The highest BCUT2D eigenvalue weighted by Crippen LogP contribution is 2.30. The molecule has 1 aliphatic rings. The van der Waals surface area contributed by atoms with Gasteiger partial charge in [-0.05, 0) is 42.7 Å². The Morgan fingerprint density at radius 3 is 2.64 bits per heavy atom. The molecule has 0 bridgehead atoms. The highest BCUT2D eigenvalue weighted by molar-refractivity contribution is 9.10. The average molecular weight is 401 g/mol. The fourth-order valence-electron chi connectivity index (χ4n) is 3.12. The van der Waals surface area contributed by atoms with Gasteiger partial charge in [0.25, 0.3) is 0 Å². The van der Waals surface area contributed by atoms with Crippen molar-refractivity contribution in [3.05, 3.63) is 64.1 Å². The van der Waals surface area contributed by atoms with E-state index >= 15 is 0 Å². The first-order chi connectivity index (χ1) is 12.1. The number of carbonyl (C=O) groups is 2. The van der Waals surface area contributed by atoms with E-state index in [1.165, 1.54) is 0 Å². The van der Waals surface area contributed by atoms with E-state index in [1.807, 2.05) is 55.5 Å². The Morgan fingerprint density at radius 1 is 1.16 bits per heavy atom. The third-order valence-electron chi connectivity index (χ3n) is 4.49. The molecular weight excluding hydrogens is 380 g/mol. The summed E-state index contributed by atoms with van der Waals surface area (Å²) in [7, 11) is 0. The lowest BCUT2D eigenvalue weighted by molar-refractivity contribution is -0.131. The molecule has 1 heterocycles.